The van der Waals surface area contributed by atoms with Crippen LogP contribution in [0.4, 0.5) is 0 Å². The zero-order chi connectivity index (χ0) is 17.4. The molecule has 1 atom stereocenters. The van der Waals surface area contributed by atoms with Gasteiger partial charge in [-0.25, -0.2) is 4.79 Å². The number of aliphatic carboxylic acids is 1. The van der Waals surface area contributed by atoms with Crippen molar-refractivity contribution in [1.82, 2.24) is 10.3 Å². The fourth-order valence-electron chi connectivity index (χ4n) is 2.38. The second-order valence-corrected chi connectivity index (χ2v) is 5.53. The first kappa shape index (κ1) is 17.5. The van der Waals surface area contributed by atoms with Gasteiger partial charge in [-0.2, -0.15) is 0 Å². The van der Waals surface area contributed by atoms with E-state index in [4.69, 9.17) is 5.11 Å². The van der Waals surface area contributed by atoms with Crippen molar-refractivity contribution in [3.63, 3.8) is 0 Å². The molecule has 2 rings (SSSR count). The number of aryl methyl sites for hydroxylation is 1. The minimum atomic E-state index is -1.02. The number of rotatable bonds is 8. The number of carboxylic acids is 1. The summed E-state index contributed by atoms with van der Waals surface area (Å²) >= 11 is 0. The topological polar surface area (TPSA) is 82.2 Å². The van der Waals surface area contributed by atoms with E-state index in [9.17, 15) is 9.59 Å². The Morgan fingerprint density at radius 2 is 1.96 bits per heavy atom. The Hall–Kier alpha value is -2.82. The molecule has 1 aromatic carbocycles. The number of carbonyl (C=O) groups excluding carboxylic acids is 1. The lowest BCUT2D eigenvalue weighted by molar-refractivity contribution is -0.141. The molecular formula is C19H22N2O3. The zero-order valence-electron chi connectivity index (χ0n) is 13.7. The highest BCUT2D eigenvalue weighted by molar-refractivity contribution is 5.83. The normalized spacial score (nSPS) is 12.2. The molecule has 0 aliphatic carbocycles. The maximum Gasteiger partial charge on any atom is 0.326 e. The van der Waals surface area contributed by atoms with Crippen LogP contribution in [0, 0.1) is 0 Å². The SMILES string of the molecule is C/C=C/CC(NC(=O)CCc1ccc(-c2ccccc2)[nH]1)C(=O)O. The lowest BCUT2D eigenvalue weighted by Crippen LogP contribution is -2.40. The van der Waals surface area contributed by atoms with Gasteiger partial charge in [0.2, 0.25) is 5.91 Å². The molecule has 0 saturated heterocycles. The largest absolute Gasteiger partial charge is 0.480 e. The van der Waals surface area contributed by atoms with E-state index in [1.54, 1.807) is 12.2 Å². The Balaban J connectivity index is 1.88. The fourth-order valence-corrected chi connectivity index (χ4v) is 2.38. The molecule has 0 radical (unpaired) electrons. The molecule has 0 bridgehead atoms. The summed E-state index contributed by atoms with van der Waals surface area (Å²) in [6, 6.07) is 13.0. The molecular weight excluding hydrogens is 304 g/mol. The van der Waals surface area contributed by atoms with Gasteiger partial charge in [0.05, 0.1) is 0 Å². The Labute approximate surface area is 141 Å². The first-order chi connectivity index (χ1) is 11.6. The zero-order valence-corrected chi connectivity index (χ0v) is 13.7. The molecule has 1 heterocycles. The van der Waals surface area contributed by atoms with Crippen molar-refractivity contribution in [2.24, 2.45) is 0 Å². The van der Waals surface area contributed by atoms with Crippen LogP contribution < -0.4 is 5.32 Å². The summed E-state index contributed by atoms with van der Waals surface area (Å²) in [7, 11) is 0. The summed E-state index contributed by atoms with van der Waals surface area (Å²) in [5.41, 5.74) is 3.04. The van der Waals surface area contributed by atoms with Gasteiger partial charge in [-0.3, -0.25) is 4.79 Å². The van der Waals surface area contributed by atoms with Crippen molar-refractivity contribution in [3.05, 3.63) is 60.3 Å². The van der Waals surface area contributed by atoms with Gasteiger partial charge in [0.15, 0.2) is 0 Å². The van der Waals surface area contributed by atoms with Crippen molar-refractivity contribution in [2.75, 3.05) is 0 Å². The number of amides is 1. The number of allylic oxidation sites excluding steroid dienone is 1. The van der Waals surface area contributed by atoms with Crippen LogP contribution in [0.3, 0.4) is 0 Å². The molecule has 24 heavy (non-hydrogen) atoms. The summed E-state index contributed by atoms with van der Waals surface area (Å²) < 4.78 is 0. The van der Waals surface area contributed by atoms with Crippen LogP contribution in [0.15, 0.2) is 54.6 Å². The van der Waals surface area contributed by atoms with Gasteiger partial charge in [0, 0.05) is 17.8 Å². The van der Waals surface area contributed by atoms with E-state index in [1.165, 1.54) is 0 Å². The molecule has 0 saturated carbocycles. The highest BCUT2D eigenvalue weighted by Crippen LogP contribution is 2.18. The van der Waals surface area contributed by atoms with E-state index in [0.29, 0.717) is 6.42 Å². The minimum absolute atomic E-state index is 0.244. The van der Waals surface area contributed by atoms with E-state index in [2.05, 4.69) is 10.3 Å². The third-order valence-electron chi connectivity index (χ3n) is 3.69. The van der Waals surface area contributed by atoms with Crippen molar-refractivity contribution in [3.8, 4) is 11.3 Å². The Bertz CT molecular complexity index is 704. The molecule has 3 N–H and O–H groups in total. The number of carboxylic acid groups (broad SMARTS) is 1. The second-order valence-electron chi connectivity index (χ2n) is 5.53. The molecule has 1 amide bonds. The van der Waals surface area contributed by atoms with Gasteiger partial charge >= 0.3 is 5.97 Å². The number of carbonyl (C=O) groups is 2. The van der Waals surface area contributed by atoms with Crippen molar-refractivity contribution < 1.29 is 14.7 Å². The van der Waals surface area contributed by atoms with Crippen LogP contribution in [0.25, 0.3) is 11.3 Å². The third kappa shape index (κ3) is 5.12. The summed E-state index contributed by atoms with van der Waals surface area (Å²) in [6.07, 6.45) is 4.57. The van der Waals surface area contributed by atoms with Crippen LogP contribution in [-0.4, -0.2) is 28.0 Å². The van der Waals surface area contributed by atoms with E-state index >= 15 is 0 Å². The highest BCUT2D eigenvalue weighted by atomic mass is 16.4. The first-order valence-corrected chi connectivity index (χ1v) is 7.96. The molecule has 0 fully saturated rings. The van der Waals surface area contributed by atoms with Crippen molar-refractivity contribution >= 4 is 11.9 Å². The monoisotopic (exact) mass is 326 g/mol. The van der Waals surface area contributed by atoms with Gasteiger partial charge in [0.1, 0.15) is 6.04 Å². The Morgan fingerprint density at radius 1 is 1.21 bits per heavy atom. The number of aromatic nitrogens is 1. The standard InChI is InChI=1S/C19H22N2O3/c1-2-3-9-17(19(23)24)21-18(22)13-11-15-10-12-16(20-15)14-7-5-4-6-8-14/h2-8,10,12,17,20H,9,11,13H2,1H3,(H,21,22)(H,23,24)/b3-2+. The average Bonchev–Trinajstić information content (AvgIpc) is 3.06. The molecule has 5 nitrogen and oxygen atoms in total. The number of H-pyrrole nitrogens is 1. The van der Waals surface area contributed by atoms with Crippen LogP contribution in [0.1, 0.15) is 25.5 Å². The predicted octanol–water partition coefficient (Wildman–Crippen LogP) is 3.15. The summed E-state index contributed by atoms with van der Waals surface area (Å²) in [4.78, 5) is 26.4. The molecule has 126 valence electrons. The number of hydrogen-bond acceptors (Lipinski definition) is 2. The Morgan fingerprint density at radius 3 is 2.62 bits per heavy atom. The number of benzene rings is 1. The van der Waals surface area contributed by atoms with Gasteiger partial charge in [-0.05, 0) is 37.5 Å². The van der Waals surface area contributed by atoms with Gasteiger partial charge in [-0.15, -0.1) is 0 Å². The number of aromatic amines is 1. The lowest BCUT2D eigenvalue weighted by atomic mass is 10.1. The number of hydrogen-bond donors (Lipinski definition) is 3. The van der Waals surface area contributed by atoms with E-state index < -0.39 is 12.0 Å². The molecule has 1 unspecified atom stereocenters. The van der Waals surface area contributed by atoms with E-state index in [1.807, 2.05) is 49.4 Å². The quantitative estimate of drug-likeness (QED) is 0.652. The molecule has 0 spiro atoms. The van der Waals surface area contributed by atoms with Crippen LogP contribution >= 0.6 is 0 Å². The first-order valence-electron chi connectivity index (χ1n) is 7.96. The third-order valence-corrected chi connectivity index (χ3v) is 3.69. The maximum absolute atomic E-state index is 12.0. The maximum atomic E-state index is 12.0. The van der Waals surface area contributed by atoms with E-state index in [-0.39, 0.29) is 18.7 Å². The van der Waals surface area contributed by atoms with E-state index in [0.717, 1.165) is 17.0 Å². The van der Waals surface area contributed by atoms with Crippen molar-refractivity contribution in [1.29, 1.82) is 0 Å². The van der Waals surface area contributed by atoms with Crippen LogP contribution in [0.5, 0.6) is 0 Å². The summed E-state index contributed by atoms with van der Waals surface area (Å²) in [6.45, 7) is 1.82. The van der Waals surface area contributed by atoms with Gasteiger partial charge in [-0.1, -0.05) is 42.5 Å². The predicted molar refractivity (Wildman–Crippen MR) is 93.5 cm³/mol. The lowest BCUT2D eigenvalue weighted by Gasteiger charge is -2.12. The summed E-state index contributed by atoms with van der Waals surface area (Å²) in [5, 5.41) is 11.7. The highest BCUT2D eigenvalue weighted by Gasteiger charge is 2.18. The Kier molecular flexibility index (Phi) is 6.37. The van der Waals surface area contributed by atoms with Crippen LogP contribution in [-0.2, 0) is 16.0 Å². The molecule has 1 aromatic heterocycles. The smallest absolute Gasteiger partial charge is 0.326 e. The molecule has 2 aromatic rings. The molecule has 5 heteroatoms. The molecule has 0 aliphatic heterocycles. The average molecular weight is 326 g/mol. The second kappa shape index (κ2) is 8.72. The molecule has 0 aliphatic rings. The minimum Gasteiger partial charge on any atom is -0.480 e. The number of nitrogens with one attached hydrogen (secondary N) is 2. The van der Waals surface area contributed by atoms with Gasteiger partial charge < -0.3 is 15.4 Å². The van der Waals surface area contributed by atoms with Gasteiger partial charge in [0.25, 0.3) is 0 Å². The van der Waals surface area contributed by atoms with Crippen LogP contribution in [0.2, 0.25) is 0 Å². The summed E-state index contributed by atoms with van der Waals surface area (Å²) in [5.74, 6) is -1.28. The van der Waals surface area contributed by atoms with Crippen molar-refractivity contribution in [2.45, 2.75) is 32.2 Å². The fraction of sp³-hybridized carbons (Fsp3) is 0.263.